The SMILES string of the molecule is CN(c1ncc(-c2cnc(-n3ccnc3)cc2O)nn1)[C@@H]1C[C@@]2(C)CCC[C@H](N2)[C@H]1F. The van der Waals surface area contributed by atoms with Gasteiger partial charge in [-0.15, -0.1) is 10.2 Å². The molecule has 2 N–H and O–H groups in total. The van der Waals surface area contributed by atoms with Gasteiger partial charge in [0.15, 0.2) is 0 Å². The van der Waals surface area contributed by atoms with Crippen molar-refractivity contribution < 1.29 is 9.50 Å². The molecular formula is C21H25FN8O. The average Bonchev–Trinajstić information content (AvgIpc) is 3.31. The van der Waals surface area contributed by atoms with Gasteiger partial charge in [0.1, 0.15) is 29.8 Å². The second kappa shape index (κ2) is 7.52. The van der Waals surface area contributed by atoms with E-state index < -0.39 is 6.17 Å². The molecule has 2 fully saturated rings. The number of fused-ring (bicyclic) bond motifs is 2. The number of anilines is 1. The quantitative estimate of drug-likeness (QED) is 0.657. The smallest absolute Gasteiger partial charge is 0.245 e. The van der Waals surface area contributed by atoms with E-state index in [4.69, 9.17) is 0 Å². The number of pyridine rings is 1. The Morgan fingerprint density at radius 1 is 1.29 bits per heavy atom. The number of aromatic nitrogens is 6. The third kappa shape index (κ3) is 3.60. The van der Waals surface area contributed by atoms with Gasteiger partial charge in [-0.1, -0.05) is 0 Å². The van der Waals surface area contributed by atoms with Crippen molar-refractivity contribution in [2.45, 2.75) is 56.4 Å². The Kier molecular flexibility index (Phi) is 4.81. The van der Waals surface area contributed by atoms with Gasteiger partial charge in [-0.25, -0.2) is 19.3 Å². The van der Waals surface area contributed by atoms with Gasteiger partial charge in [0.2, 0.25) is 5.95 Å². The largest absolute Gasteiger partial charge is 0.507 e. The van der Waals surface area contributed by atoms with Crippen LogP contribution in [0.15, 0.2) is 37.2 Å². The number of imidazole rings is 1. The fourth-order valence-electron chi connectivity index (χ4n) is 4.77. The maximum absolute atomic E-state index is 15.1. The number of hydrogen-bond acceptors (Lipinski definition) is 8. The molecule has 0 aliphatic carbocycles. The first-order valence-electron chi connectivity index (χ1n) is 10.5. The molecule has 31 heavy (non-hydrogen) atoms. The van der Waals surface area contributed by atoms with Crippen molar-refractivity contribution >= 4 is 5.95 Å². The summed E-state index contributed by atoms with van der Waals surface area (Å²) in [4.78, 5) is 14.5. The van der Waals surface area contributed by atoms with Gasteiger partial charge in [-0.05, 0) is 32.6 Å². The van der Waals surface area contributed by atoms with Gasteiger partial charge in [0.25, 0.3) is 0 Å². The van der Waals surface area contributed by atoms with Gasteiger partial charge in [-0.3, -0.25) is 4.57 Å². The number of alkyl halides is 1. The number of piperidine rings is 2. The molecule has 3 aromatic heterocycles. The number of rotatable bonds is 4. The lowest BCUT2D eigenvalue weighted by Gasteiger charge is -2.51. The summed E-state index contributed by atoms with van der Waals surface area (Å²) in [6.45, 7) is 2.16. The van der Waals surface area contributed by atoms with E-state index in [2.05, 4.69) is 37.4 Å². The maximum atomic E-state index is 15.1. The minimum atomic E-state index is -0.995. The first-order chi connectivity index (χ1) is 14.9. The Balaban J connectivity index is 1.36. The molecule has 2 bridgehead atoms. The summed E-state index contributed by atoms with van der Waals surface area (Å²) in [5, 5.41) is 22.4. The van der Waals surface area contributed by atoms with E-state index in [1.807, 2.05) is 7.05 Å². The van der Waals surface area contributed by atoms with Crippen molar-refractivity contribution in [2.75, 3.05) is 11.9 Å². The monoisotopic (exact) mass is 424 g/mol. The molecule has 2 aliphatic heterocycles. The first kappa shape index (κ1) is 19.8. The summed E-state index contributed by atoms with van der Waals surface area (Å²) >= 11 is 0. The van der Waals surface area contributed by atoms with Crippen molar-refractivity contribution in [1.29, 1.82) is 0 Å². The minimum absolute atomic E-state index is 0.0128. The van der Waals surface area contributed by atoms with Crippen LogP contribution in [0.1, 0.15) is 32.6 Å². The highest BCUT2D eigenvalue weighted by molar-refractivity contribution is 5.66. The summed E-state index contributed by atoms with van der Waals surface area (Å²) in [6, 6.07) is 1.08. The standard InChI is InChI=1S/C21H25FN8O/c1-21-5-3-4-14(26-21)19(22)16(9-21)29(2)20-25-11-15(27-28-20)13-10-24-18(8-17(13)31)30-7-6-23-12-30/h6-8,10-12,14,16,19,26H,3-5,9H2,1-2H3,(H,24,31)/t14-,16+,19+,21+/m0/s1. The maximum Gasteiger partial charge on any atom is 0.245 e. The van der Waals surface area contributed by atoms with E-state index >= 15 is 4.39 Å². The van der Waals surface area contributed by atoms with E-state index in [1.165, 1.54) is 18.5 Å². The molecule has 10 heteroatoms. The van der Waals surface area contributed by atoms with Crippen molar-refractivity contribution in [3.05, 3.63) is 37.2 Å². The van der Waals surface area contributed by atoms with Crippen LogP contribution in [-0.2, 0) is 0 Å². The summed E-state index contributed by atoms with van der Waals surface area (Å²) in [5.74, 6) is 0.913. The first-order valence-corrected chi connectivity index (χ1v) is 10.5. The van der Waals surface area contributed by atoms with Gasteiger partial charge >= 0.3 is 0 Å². The highest BCUT2D eigenvalue weighted by Crippen LogP contribution is 2.37. The molecule has 0 saturated carbocycles. The predicted octanol–water partition coefficient (Wildman–Crippen LogP) is 2.27. The highest BCUT2D eigenvalue weighted by atomic mass is 19.1. The van der Waals surface area contributed by atoms with Crippen LogP contribution >= 0.6 is 0 Å². The van der Waals surface area contributed by atoms with Gasteiger partial charge in [-0.2, -0.15) is 0 Å². The van der Waals surface area contributed by atoms with E-state index in [-0.39, 0.29) is 23.4 Å². The zero-order chi connectivity index (χ0) is 21.6. The molecule has 3 aromatic rings. The van der Waals surface area contributed by atoms with Crippen LogP contribution in [-0.4, -0.2) is 65.7 Å². The van der Waals surface area contributed by atoms with Crippen molar-refractivity contribution in [1.82, 2.24) is 35.0 Å². The van der Waals surface area contributed by atoms with Crippen LogP contribution in [0.25, 0.3) is 17.1 Å². The van der Waals surface area contributed by atoms with Crippen LogP contribution in [0.2, 0.25) is 0 Å². The second-order valence-electron chi connectivity index (χ2n) is 8.70. The minimum Gasteiger partial charge on any atom is -0.507 e. The number of nitrogens with one attached hydrogen (secondary N) is 1. The molecule has 2 aliphatic rings. The molecule has 4 atom stereocenters. The zero-order valence-corrected chi connectivity index (χ0v) is 17.5. The topological polar surface area (TPSA) is 105 Å². The summed E-state index contributed by atoms with van der Waals surface area (Å²) in [7, 11) is 1.82. The van der Waals surface area contributed by atoms with Crippen LogP contribution in [0.3, 0.4) is 0 Å². The lowest BCUT2D eigenvalue weighted by molar-refractivity contribution is 0.0605. The summed E-state index contributed by atoms with van der Waals surface area (Å²) in [5.41, 5.74) is 0.752. The number of halogens is 1. The Bertz CT molecular complexity index is 1060. The molecule has 162 valence electrons. The van der Waals surface area contributed by atoms with E-state index in [0.717, 1.165) is 19.3 Å². The van der Waals surface area contributed by atoms with Crippen molar-refractivity contribution in [3.8, 4) is 22.8 Å². The Labute approximate surface area is 179 Å². The number of hydrogen-bond donors (Lipinski definition) is 2. The lowest BCUT2D eigenvalue weighted by Crippen LogP contribution is -2.66. The third-order valence-corrected chi connectivity index (χ3v) is 6.46. The normalized spacial score (nSPS) is 27.8. The van der Waals surface area contributed by atoms with Crippen LogP contribution < -0.4 is 10.2 Å². The van der Waals surface area contributed by atoms with Gasteiger partial charge in [0.05, 0.1) is 17.8 Å². The molecule has 0 spiro atoms. The van der Waals surface area contributed by atoms with Crippen molar-refractivity contribution in [2.24, 2.45) is 0 Å². The van der Waals surface area contributed by atoms with Crippen LogP contribution in [0, 0.1) is 0 Å². The molecule has 5 heterocycles. The zero-order valence-electron chi connectivity index (χ0n) is 17.5. The fourth-order valence-corrected chi connectivity index (χ4v) is 4.77. The van der Waals surface area contributed by atoms with E-state index in [9.17, 15) is 5.11 Å². The lowest BCUT2D eigenvalue weighted by atomic mass is 9.74. The Hall–Kier alpha value is -3.14. The molecule has 0 amide bonds. The molecule has 0 unspecified atom stereocenters. The summed E-state index contributed by atoms with van der Waals surface area (Å²) in [6.07, 6.45) is 10.7. The van der Waals surface area contributed by atoms with E-state index in [1.54, 1.807) is 28.2 Å². The fraction of sp³-hybridized carbons (Fsp3) is 0.476. The van der Waals surface area contributed by atoms with Crippen LogP contribution in [0.4, 0.5) is 10.3 Å². The van der Waals surface area contributed by atoms with E-state index in [0.29, 0.717) is 29.4 Å². The van der Waals surface area contributed by atoms with Gasteiger partial charge < -0.3 is 15.3 Å². The van der Waals surface area contributed by atoms with Crippen molar-refractivity contribution in [3.63, 3.8) is 0 Å². The second-order valence-corrected chi connectivity index (χ2v) is 8.70. The molecular weight excluding hydrogens is 399 g/mol. The molecule has 9 nitrogen and oxygen atoms in total. The Morgan fingerprint density at radius 2 is 2.16 bits per heavy atom. The van der Waals surface area contributed by atoms with Crippen LogP contribution in [0.5, 0.6) is 5.75 Å². The molecule has 0 aromatic carbocycles. The third-order valence-electron chi connectivity index (χ3n) is 6.46. The highest BCUT2D eigenvalue weighted by Gasteiger charge is 2.47. The molecule has 2 saturated heterocycles. The Morgan fingerprint density at radius 3 is 2.87 bits per heavy atom. The molecule has 0 radical (unpaired) electrons. The average molecular weight is 424 g/mol. The molecule has 5 rings (SSSR count). The van der Waals surface area contributed by atoms with Gasteiger partial charge in [0, 0.05) is 43.3 Å². The number of nitrogens with zero attached hydrogens (tertiary/aromatic N) is 7. The number of aromatic hydroxyl groups is 1. The predicted molar refractivity (Wildman–Crippen MR) is 113 cm³/mol. The summed E-state index contributed by atoms with van der Waals surface area (Å²) < 4.78 is 16.8.